The molecule has 1 N–H and O–H groups in total. The number of benzene rings is 1. The summed E-state index contributed by atoms with van der Waals surface area (Å²) in [6.07, 6.45) is 1.61. The molecule has 0 bridgehead atoms. The summed E-state index contributed by atoms with van der Waals surface area (Å²) in [7, 11) is 1.71. The van der Waals surface area contributed by atoms with E-state index < -0.39 is 0 Å². The molecule has 1 aromatic carbocycles. The maximum atomic E-state index is 12.5. The summed E-state index contributed by atoms with van der Waals surface area (Å²) < 4.78 is 1.52. The van der Waals surface area contributed by atoms with E-state index in [-0.39, 0.29) is 17.2 Å². The first-order valence-electron chi connectivity index (χ1n) is 7.17. The molecule has 0 unspecified atom stereocenters. The van der Waals surface area contributed by atoms with E-state index >= 15 is 0 Å². The molecule has 0 saturated heterocycles. The molecule has 2 heterocycles. The molecule has 2 aromatic heterocycles. The van der Waals surface area contributed by atoms with Gasteiger partial charge in [-0.3, -0.25) is 14.3 Å². The number of H-pyrrole nitrogens is 1. The summed E-state index contributed by atoms with van der Waals surface area (Å²) in [5.74, 6) is -0.250. The van der Waals surface area contributed by atoms with Crippen molar-refractivity contribution in [3.05, 3.63) is 57.8 Å². The second-order valence-electron chi connectivity index (χ2n) is 5.13. The Balaban J connectivity index is 2.18. The maximum absolute atomic E-state index is 12.5. The number of hydrogen-bond donors (Lipinski definition) is 1. The van der Waals surface area contributed by atoms with Crippen LogP contribution < -0.4 is 5.56 Å². The highest BCUT2D eigenvalue weighted by atomic mass is 16.1. The Labute approximate surface area is 126 Å². The molecule has 6 heteroatoms. The molecule has 0 fully saturated rings. The third kappa shape index (κ3) is 2.32. The molecule has 3 rings (SSSR count). The van der Waals surface area contributed by atoms with Crippen LogP contribution in [0.15, 0.2) is 35.1 Å². The van der Waals surface area contributed by atoms with Crippen LogP contribution in [0.5, 0.6) is 0 Å². The van der Waals surface area contributed by atoms with Gasteiger partial charge in [0.1, 0.15) is 5.52 Å². The summed E-state index contributed by atoms with van der Waals surface area (Å²) in [5, 5.41) is 4.34. The number of nitrogens with zero attached hydrogens (tertiary/aromatic N) is 3. The Hall–Kier alpha value is -2.76. The molecular formula is C16H16N4O2. The number of aromatic amines is 1. The number of rotatable bonds is 4. The van der Waals surface area contributed by atoms with Crippen molar-refractivity contribution in [3.8, 4) is 0 Å². The first-order valence-corrected chi connectivity index (χ1v) is 7.17. The fraction of sp³-hybridized carbons (Fsp3) is 0.250. The van der Waals surface area contributed by atoms with Crippen LogP contribution in [0.1, 0.15) is 35.2 Å². The van der Waals surface area contributed by atoms with Gasteiger partial charge in [0.2, 0.25) is 5.78 Å². The summed E-state index contributed by atoms with van der Waals surface area (Å²) >= 11 is 0. The number of aromatic nitrogens is 4. The fourth-order valence-electron chi connectivity index (χ4n) is 2.49. The number of hydrogen-bond acceptors (Lipinski definition) is 4. The quantitative estimate of drug-likeness (QED) is 0.745. The average molecular weight is 296 g/mol. The van der Waals surface area contributed by atoms with Crippen LogP contribution in [0.25, 0.3) is 11.0 Å². The van der Waals surface area contributed by atoms with Gasteiger partial charge in [-0.15, -0.1) is 0 Å². The summed E-state index contributed by atoms with van der Waals surface area (Å²) in [5.41, 5.74) is 1.79. The van der Waals surface area contributed by atoms with Crippen LogP contribution in [0, 0.1) is 0 Å². The number of nitrogens with one attached hydrogen (secondary N) is 1. The Morgan fingerprint density at radius 3 is 2.68 bits per heavy atom. The number of fused-ring (bicyclic) bond motifs is 1. The molecule has 0 aliphatic heterocycles. The highest BCUT2D eigenvalue weighted by Gasteiger charge is 2.18. The normalized spacial score (nSPS) is 11.0. The zero-order chi connectivity index (χ0) is 15.7. The minimum atomic E-state index is -0.346. The smallest absolute Gasteiger partial charge is 0.277 e. The molecule has 6 nitrogen and oxygen atoms in total. The number of aryl methyl sites for hydroxylation is 2. The van der Waals surface area contributed by atoms with Crippen LogP contribution in [0.2, 0.25) is 0 Å². The SMILES string of the molecule is CCCc1nn(C)c2c(=O)[nH]c(C(=O)c3ccccc3)nc12. The van der Waals surface area contributed by atoms with E-state index in [0.717, 1.165) is 12.1 Å². The van der Waals surface area contributed by atoms with Gasteiger partial charge in [-0.25, -0.2) is 4.98 Å². The lowest BCUT2D eigenvalue weighted by molar-refractivity contribution is 0.102. The summed E-state index contributed by atoms with van der Waals surface area (Å²) in [6.45, 7) is 2.03. The van der Waals surface area contributed by atoms with Gasteiger partial charge in [-0.05, 0) is 6.42 Å². The molecule has 0 aliphatic rings. The zero-order valence-electron chi connectivity index (χ0n) is 12.5. The van der Waals surface area contributed by atoms with Crippen LogP contribution in [-0.2, 0) is 13.5 Å². The van der Waals surface area contributed by atoms with Gasteiger partial charge in [0.15, 0.2) is 11.3 Å². The highest BCUT2D eigenvalue weighted by Crippen LogP contribution is 2.15. The van der Waals surface area contributed by atoms with E-state index in [2.05, 4.69) is 15.1 Å². The minimum Gasteiger partial charge on any atom is -0.302 e. The van der Waals surface area contributed by atoms with Crippen molar-refractivity contribution in [2.24, 2.45) is 7.05 Å². The number of carbonyl (C=O) groups excluding carboxylic acids is 1. The van der Waals surface area contributed by atoms with Crippen molar-refractivity contribution in [1.29, 1.82) is 0 Å². The fourth-order valence-corrected chi connectivity index (χ4v) is 2.49. The van der Waals surface area contributed by atoms with Crippen molar-refractivity contribution in [2.75, 3.05) is 0 Å². The molecule has 112 valence electrons. The minimum absolute atomic E-state index is 0.0500. The Morgan fingerprint density at radius 1 is 1.27 bits per heavy atom. The highest BCUT2D eigenvalue weighted by molar-refractivity contribution is 6.07. The second-order valence-corrected chi connectivity index (χ2v) is 5.13. The number of ketones is 1. The molecule has 0 spiro atoms. The van der Waals surface area contributed by atoms with Crippen molar-refractivity contribution in [2.45, 2.75) is 19.8 Å². The molecule has 0 radical (unpaired) electrons. The predicted molar refractivity (Wildman–Crippen MR) is 83.0 cm³/mol. The van der Waals surface area contributed by atoms with E-state index in [9.17, 15) is 9.59 Å². The summed E-state index contributed by atoms with van der Waals surface area (Å²) in [6, 6.07) is 8.77. The van der Waals surface area contributed by atoms with Crippen LogP contribution in [-0.4, -0.2) is 25.5 Å². The third-order valence-corrected chi connectivity index (χ3v) is 3.50. The van der Waals surface area contributed by atoms with Crippen molar-refractivity contribution < 1.29 is 4.79 Å². The van der Waals surface area contributed by atoms with Crippen molar-refractivity contribution in [1.82, 2.24) is 19.7 Å². The largest absolute Gasteiger partial charge is 0.302 e. The topological polar surface area (TPSA) is 80.6 Å². The van der Waals surface area contributed by atoms with Gasteiger partial charge in [0, 0.05) is 12.6 Å². The maximum Gasteiger partial charge on any atom is 0.277 e. The van der Waals surface area contributed by atoms with Crippen molar-refractivity contribution in [3.63, 3.8) is 0 Å². The lowest BCUT2D eigenvalue weighted by atomic mass is 10.1. The molecule has 0 atom stereocenters. The molecule has 22 heavy (non-hydrogen) atoms. The first-order chi connectivity index (χ1) is 10.6. The number of carbonyl (C=O) groups is 1. The predicted octanol–water partition coefficient (Wildman–Crippen LogP) is 1.84. The van der Waals surface area contributed by atoms with E-state index in [1.807, 2.05) is 13.0 Å². The van der Waals surface area contributed by atoms with E-state index in [4.69, 9.17) is 0 Å². The van der Waals surface area contributed by atoms with Gasteiger partial charge < -0.3 is 4.98 Å². The average Bonchev–Trinajstić information content (AvgIpc) is 2.84. The molecule has 0 aliphatic carbocycles. The monoisotopic (exact) mass is 296 g/mol. The zero-order valence-corrected chi connectivity index (χ0v) is 12.5. The lowest BCUT2D eigenvalue weighted by Gasteiger charge is -2.01. The van der Waals surface area contributed by atoms with Gasteiger partial charge in [0.25, 0.3) is 5.56 Å². The second kappa shape index (κ2) is 5.55. The van der Waals surface area contributed by atoms with Crippen LogP contribution in [0.3, 0.4) is 0 Å². The first kappa shape index (κ1) is 14.2. The van der Waals surface area contributed by atoms with Gasteiger partial charge in [-0.2, -0.15) is 5.10 Å². The molecule has 3 aromatic rings. The molecule has 0 amide bonds. The Kier molecular flexibility index (Phi) is 3.58. The van der Waals surface area contributed by atoms with Crippen LogP contribution in [0.4, 0.5) is 0 Å². The Morgan fingerprint density at radius 2 is 2.00 bits per heavy atom. The van der Waals surface area contributed by atoms with Crippen molar-refractivity contribution >= 4 is 16.8 Å². The molecule has 0 saturated carbocycles. The van der Waals surface area contributed by atoms with E-state index in [1.54, 1.807) is 31.3 Å². The standard InChI is InChI=1S/C16H16N4O2/c1-3-7-11-12-13(20(2)19-11)16(22)18-15(17-12)14(21)10-8-5-4-6-9-10/h4-6,8-9H,3,7H2,1-2H3,(H,17,18,22). The van der Waals surface area contributed by atoms with E-state index in [1.165, 1.54) is 4.68 Å². The van der Waals surface area contributed by atoms with E-state index in [0.29, 0.717) is 23.0 Å². The van der Waals surface area contributed by atoms with Crippen LogP contribution >= 0.6 is 0 Å². The third-order valence-electron chi connectivity index (χ3n) is 3.50. The van der Waals surface area contributed by atoms with Gasteiger partial charge in [-0.1, -0.05) is 43.7 Å². The summed E-state index contributed by atoms with van der Waals surface area (Å²) in [4.78, 5) is 31.7. The van der Waals surface area contributed by atoms with Gasteiger partial charge in [0.05, 0.1) is 5.69 Å². The van der Waals surface area contributed by atoms with Gasteiger partial charge >= 0.3 is 0 Å². The lowest BCUT2D eigenvalue weighted by Crippen LogP contribution is -2.18. The molecular weight excluding hydrogens is 280 g/mol. The Bertz CT molecular complexity index is 894.